The first-order valence-electron chi connectivity index (χ1n) is 8.30. The highest BCUT2D eigenvalue weighted by Crippen LogP contribution is 2.18. The predicted molar refractivity (Wildman–Crippen MR) is 102 cm³/mol. The number of carbonyl (C=O) groups excluding carboxylic acids is 3. The fraction of sp³-hybridized carbons (Fsp3) is 0.0952. The largest absolute Gasteiger partial charge is 0.360 e. The van der Waals surface area contributed by atoms with E-state index in [-0.39, 0.29) is 12.5 Å². The number of benzene rings is 2. The zero-order valence-corrected chi connectivity index (χ0v) is 14.6. The van der Waals surface area contributed by atoms with Gasteiger partial charge in [-0.25, -0.2) is 0 Å². The van der Waals surface area contributed by atoms with Gasteiger partial charge in [-0.2, -0.15) is 0 Å². The zero-order valence-electron chi connectivity index (χ0n) is 14.6. The van der Waals surface area contributed by atoms with Gasteiger partial charge in [0, 0.05) is 29.7 Å². The quantitative estimate of drug-likeness (QED) is 0.377. The second-order valence-corrected chi connectivity index (χ2v) is 5.69. The van der Waals surface area contributed by atoms with E-state index in [1.54, 1.807) is 43.4 Å². The molecule has 0 radical (unpaired) electrons. The molecule has 0 aliphatic rings. The Bertz CT molecular complexity index is 1090. The number of amides is 2. The summed E-state index contributed by atoms with van der Waals surface area (Å²) in [6, 6.07) is 14.2. The average molecular weight is 359 g/mol. The topological polar surface area (TPSA) is 91.1 Å². The Balaban J connectivity index is 1.67. The fourth-order valence-corrected chi connectivity index (χ4v) is 2.65. The van der Waals surface area contributed by atoms with Crippen LogP contribution in [-0.4, -0.2) is 36.2 Å². The molecule has 27 heavy (non-hydrogen) atoms. The monoisotopic (exact) mass is 359 g/mol. The molecule has 2 aromatic carbocycles. The summed E-state index contributed by atoms with van der Waals surface area (Å²) < 4.78 is 0. The second-order valence-electron chi connectivity index (χ2n) is 5.69. The molecular weight excluding hydrogens is 342 g/mol. The SMILES string of the molecule is CNC(=O)c1ccccc1C#CCNC(=O)C(=O)c1c[nH]c2ccccc12. The third-order valence-electron chi connectivity index (χ3n) is 4.00. The standard InChI is InChI=1S/C21H17N3O3/c1-22-20(26)15-9-3-2-7-14(15)8-6-12-23-21(27)19(25)17-13-24-18-11-5-4-10-16(17)18/h2-5,7,9-11,13,24H,12H2,1H3,(H,22,26)(H,23,27). The van der Waals surface area contributed by atoms with E-state index in [0.29, 0.717) is 22.1 Å². The van der Waals surface area contributed by atoms with Gasteiger partial charge >= 0.3 is 0 Å². The van der Waals surface area contributed by atoms with Gasteiger partial charge in [0.05, 0.1) is 17.7 Å². The number of fused-ring (bicyclic) bond motifs is 1. The molecule has 0 spiro atoms. The van der Waals surface area contributed by atoms with Crippen molar-refractivity contribution in [1.82, 2.24) is 15.6 Å². The molecule has 0 bridgehead atoms. The van der Waals surface area contributed by atoms with Crippen LogP contribution in [0.2, 0.25) is 0 Å². The van der Waals surface area contributed by atoms with Crippen molar-refractivity contribution in [3.05, 3.63) is 71.4 Å². The highest BCUT2D eigenvalue weighted by Gasteiger charge is 2.19. The van der Waals surface area contributed by atoms with Gasteiger partial charge in [0.15, 0.2) is 0 Å². The van der Waals surface area contributed by atoms with Crippen LogP contribution in [-0.2, 0) is 4.79 Å². The highest BCUT2D eigenvalue weighted by molar-refractivity contribution is 6.45. The molecule has 6 heteroatoms. The van der Waals surface area contributed by atoms with Gasteiger partial charge in [-0.15, -0.1) is 0 Å². The van der Waals surface area contributed by atoms with E-state index in [2.05, 4.69) is 27.5 Å². The van der Waals surface area contributed by atoms with E-state index in [1.165, 1.54) is 6.20 Å². The molecule has 0 aliphatic carbocycles. The van der Waals surface area contributed by atoms with Gasteiger partial charge < -0.3 is 15.6 Å². The first kappa shape index (κ1) is 18.0. The molecule has 2 amide bonds. The van der Waals surface area contributed by atoms with Gasteiger partial charge in [0.2, 0.25) is 0 Å². The molecule has 0 unspecified atom stereocenters. The second kappa shape index (κ2) is 8.02. The Morgan fingerprint density at radius 3 is 2.56 bits per heavy atom. The van der Waals surface area contributed by atoms with Crippen LogP contribution < -0.4 is 10.6 Å². The van der Waals surface area contributed by atoms with Crippen LogP contribution in [0.5, 0.6) is 0 Å². The molecule has 6 nitrogen and oxygen atoms in total. The number of hydrogen-bond acceptors (Lipinski definition) is 3. The van der Waals surface area contributed by atoms with Crippen molar-refractivity contribution in [2.75, 3.05) is 13.6 Å². The first-order chi connectivity index (χ1) is 13.1. The normalized spacial score (nSPS) is 9.96. The van der Waals surface area contributed by atoms with Gasteiger partial charge in [-0.1, -0.05) is 42.2 Å². The number of carbonyl (C=O) groups is 3. The van der Waals surface area contributed by atoms with Crippen molar-refractivity contribution in [3.8, 4) is 11.8 Å². The highest BCUT2D eigenvalue weighted by atomic mass is 16.2. The van der Waals surface area contributed by atoms with Crippen LogP contribution in [0.4, 0.5) is 0 Å². The van der Waals surface area contributed by atoms with Crippen molar-refractivity contribution >= 4 is 28.5 Å². The van der Waals surface area contributed by atoms with E-state index in [9.17, 15) is 14.4 Å². The Morgan fingerprint density at radius 1 is 1.00 bits per heavy atom. The Labute approximate surface area is 156 Å². The summed E-state index contributed by atoms with van der Waals surface area (Å²) in [5.74, 6) is 4.02. The molecule has 0 atom stereocenters. The lowest BCUT2D eigenvalue weighted by molar-refractivity contribution is -0.116. The minimum absolute atomic E-state index is 0.00495. The molecule has 134 valence electrons. The molecule has 0 saturated heterocycles. The number of para-hydroxylation sites is 1. The average Bonchev–Trinajstić information content (AvgIpc) is 3.14. The van der Waals surface area contributed by atoms with Crippen LogP contribution in [0.1, 0.15) is 26.3 Å². The molecule has 3 rings (SSSR count). The number of aromatic nitrogens is 1. The molecule has 1 aromatic heterocycles. The lowest BCUT2D eigenvalue weighted by atomic mass is 10.1. The van der Waals surface area contributed by atoms with Gasteiger partial charge in [0.25, 0.3) is 17.6 Å². The Kier molecular flexibility index (Phi) is 5.33. The van der Waals surface area contributed by atoms with Crippen LogP contribution in [0.25, 0.3) is 10.9 Å². The smallest absolute Gasteiger partial charge is 0.293 e. The zero-order chi connectivity index (χ0) is 19.2. The van der Waals surface area contributed by atoms with E-state index >= 15 is 0 Å². The summed E-state index contributed by atoms with van der Waals surface area (Å²) in [6.45, 7) is -0.00495. The fourth-order valence-electron chi connectivity index (χ4n) is 2.65. The summed E-state index contributed by atoms with van der Waals surface area (Å²) in [5.41, 5.74) is 2.11. The maximum absolute atomic E-state index is 12.3. The van der Waals surface area contributed by atoms with Crippen molar-refractivity contribution in [3.63, 3.8) is 0 Å². The summed E-state index contributed by atoms with van der Waals surface area (Å²) >= 11 is 0. The molecule has 3 N–H and O–H groups in total. The van der Waals surface area contributed by atoms with Crippen molar-refractivity contribution in [2.24, 2.45) is 0 Å². The molecule has 0 aliphatic heterocycles. The van der Waals surface area contributed by atoms with E-state index < -0.39 is 11.7 Å². The van der Waals surface area contributed by atoms with Gasteiger partial charge in [-0.3, -0.25) is 14.4 Å². The number of rotatable bonds is 4. The summed E-state index contributed by atoms with van der Waals surface area (Å²) in [4.78, 5) is 39.2. The third kappa shape index (κ3) is 3.88. The molecule has 1 heterocycles. The van der Waals surface area contributed by atoms with E-state index in [1.807, 2.05) is 12.1 Å². The van der Waals surface area contributed by atoms with Crippen molar-refractivity contribution in [2.45, 2.75) is 0 Å². The maximum atomic E-state index is 12.3. The minimum Gasteiger partial charge on any atom is -0.360 e. The summed E-state index contributed by atoms with van der Waals surface area (Å²) in [7, 11) is 1.54. The molecule has 3 aromatic rings. The number of aromatic amines is 1. The number of ketones is 1. The Hall–Kier alpha value is -3.85. The van der Waals surface area contributed by atoms with Crippen LogP contribution in [0.15, 0.2) is 54.7 Å². The molecule has 0 saturated carbocycles. The lowest BCUT2D eigenvalue weighted by Gasteiger charge is -2.02. The number of H-pyrrole nitrogens is 1. The lowest BCUT2D eigenvalue weighted by Crippen LogP contribution is -2.31. The van der Waals surface area contributed by atoms with E-state index in [4.69, 9.17) is 0 Å². The van der Waals surface area contributed by atoms with Gasteiger partial charge in [0.1, 0.15) is 0 Å². The maximum Gasteiger partial charge on any atom is 0.293 e. The number of Topliss-reactive ketones (excluding diaryl/α,β-unsaturated/α-hetero) is 1. The third-order valence-corrected chi connectivity index (χ3v) is 4.00. The Morgan fingerprint density at radius 2 is 1.74 bits per heavy atom. The number of nitrogens with one attached hydrogen (secondary N) is 3. The van der Waals surface area contributed by atoms with Crippen LogP contribution in [0, 0.1) is 11.8 Å². The summed E-state index contributed by atoms with van der Waals surface area (Å²) in [6.07, 6.45) is 1.53. The van der Waals surface area contributed by atoms with Crippen molar-refractivity contribution in [1.29, 1.82) is 0 Å². The number of hydrogen-bond donors (Lipinski definition) is 3. The molecule has 0 fully saturated rings. The summed E-state index contributed by atoms with van der Waals surface area (Å²) in [5, 5.41) is 5.74. The van der Waals surface area contributed by atoms with E-state index in [0.717, 1.165) is 5.52 Å². The van der Waals surface area contributed by atoms with Gasteiger partial charge in [-0.05, 0) is 18.2 Å². The molecular formula is C21H17N3O3. The predicted octanol–water partition coefficient (Wildman–Crippen LogP) is 1.88. The van der Waals surface area contributed by atoms with Crippen molar-refractivity contribution < 1.29 is 14.4 Å². The van der Waals surface area contributed by atoms with Crippen LogP contribution >= 0.6 is 0 Å². The van der Waals surface area contributed by atoms with Crippen LogP contribution in [0.3, 0.4) is 0 Å². The first-order valence-corrected chi connectivity index (χ1v) is 8.30. The minimum atomic E-state index is -0.728.